The van der Waals surface area contributed by atoms with Crippen LogP contribution in [0.15, 0.2) is 70.6 Å². The number of fused-ring (bicyclic) bond motifs is 1. The third kappa shape index (κ3) is 4.45. The van der Waals surface area contributed by atoms with Crippen molar-refractivity contribution in [2.45, 2.75) is 0 Å². The number of nitrogens with zero attached hydrogens (tertiary/aromatic N) is 4. The van der Waals surface area contributed by atoms with Crippen molar-refractivity contribution in [1.29, 1.82) is 0 Å². The van der Waals surface area contributed by atoms with Crippen LogP contribution in [-0.2, 0) is 4.74 Å². The van der Waals surface area contributed by atoms with E-state index in [9.17, 15) is 0 Å². The summed E-state index contributed by atoms with van der Waals surface area (Å²) in [6.07, 6.45) is 0. The Morgan fingerprint density at radius 2 is 1.43 bits per heavy atom. The van der Waals surface area contributed by atoms with E-state index in [1.165, 1.54) is 0 Å². The van der Waals surface area contributed by atoms with E-state index in [0.717, 1.165) is 11.3 Å². The highest BCUT2D eigenvalue weighted by molar-refractivity contribution is 6.21. The maximum Gasteiger partial charge on any atom is 0.243 e. The molecule has 1 aromatic heterocycles. The number of ether oxygens (including phenoxy) is 1. The third-order valence-corrected chi connectivity index (χ3v) is 4.61. The number of anilines is 2. The van der Waals surface area contributed by atoms with E-state index < -0.39 is 0 Å². The molecule has 2 heterocycles. The van der Waals surface area contributed by atoms with Gasteiger partial charge in [-0.05, 0) is 12.1 Å². The van der Waals surface area contributed by atoms with E-state index in [1.54, 1.807) is 0 Å². The molecule has 0 fully saturated rings. The van der Waals surface area contributed by atoms with Gasteiger partial charge in [0.2, 0.25) is 11.8 Å². The van der Waals surface area contributed by atoms with Crippen LogP contribution in [0.1, 0.15) is 11.3 Å². The second kappa shape index (κ2) is 9.69. The largest absolute Gasteiger partial charge is 0.418 e. The van der Waals surface area contributed by atoms with Crippen LogP contribution in [0.25, 0.3) is 11.4 Å². The first kappa shape index (κ1) is 20.3. The number of rotatable bonds is 7. The predicted molar refractivity (Wildman–Crippen MR) is 123 cm³/mol. The van der Waals surface area contributed by atoms with E-state index in [-0.39, 0.29) is 0 Å². The molecular weight excluding hydrogens is 421 g/mol. The van der Waals surface area contributed by atoms with Crippen LogP contribution in [0.3, 0.4) is 0 Å². The van der Waals surface area contributed by atoms with Crippen molar-refractivity contribution in [3.63, 3.8) is 0 Å². The normalized spacial score (nSPS) is 15.3. The molecule has 6 nitrogen and oxygen atoms in total. The highest BCUT2D eigenvalue weighted by atomic mass is 35.5. The molecule has 0 bridgehead atoms. The number of aromatic nitrogens is 2. The number of halogens is 2. The summed E-state index contributed by atoms with van der Waals surface area (Å²) in [6, 6.07) is 19.6. The van der Waals surface area contributed by atoms with Crippen molar-refractivity contribution in [2.24, 2.45) is 9.98 Å². The summed E-state index contributed by atoms with van der Waals surface area (Å²) in [5.41, 5.74) is 3.03. The number of alkyl halides is 2. The maximum absolute atomic E-state index is 5.95. The van der Waals surface area contributed by atoms with Gasteiger partial charge in [0.25, 0.3) is 0 Å². The van der Waals surface area contributed by atoms with Crippen LogP contribution in [-0.4, -0.2) is 46.6 Å². The molecule has 0 radical (unpaired) electrons. The number of benzene rings is 2. The monoisotopic (exact) mass is 439 g/mol. The SMILES string of the molecule is ClCCN=C1OC(=NCCCl)c2c(Nc3ccccc3)nc(-c3ccccc3)nc21. The molecule has 0 atom stereocenters. The minimum absolute atomic E-state index is 0.376. The minimum atomic E-state index is 0.376. The number of nitrogens with one attached hydrogen (secondary N) is 1. The molecule has 1 aliphatic rings. The first-order chi connectivity index (χ1) is 14.8. The fourth-order valence-electron chi connectivity index (χ4n) is 2.98. The molecule has 1 aliphatic heterocycles. The summed E-state index contributed by atoms with van der Waals surface area (Å²) in [5.74, 6) is 2.69. The Bertz CT molecular complexity index is 1070. The van der Waals surface area contributed by atoms with Gasteiger partial charge in [-0.25, -0.2) is 20.0 Å². The first-order valence-corrected chi connectivity index (χ1v) is 10.6. The summed E-state index contributed by atoms with van der Waals surface area (Å²) >= 11 is 11.7. The van der Waals surface area contributed by atoms with Crippen molar-refractivity contribution in [3.8, 4) is 11.4 Å². The summed E-state index contributed by atoms with van der Waals surface area (Å²) in [5, 5.41) is 3.37. The average Bonchev–Trinajstić information content (AvgIpc) is 3.15. The highest BCUT2D eigenvalue weighted by Gasteiger charge is 2.33. The molecule has 0 aliphatic carbocycles. The summed E-state index contributed by atoms with van der Waals surface area (Å²) in [7, 11) is 0. The summed E-state index contributed by atoms with van der Waals surface area (Å²) in [4.78, 5) is 18.5. The lowest BCUT2D eigenvalue weighted by atomic mass is 10.1. The van der Waals surface area contributed by atoms with Crippen molar-refractivity contribution in [3.05, 3.63) is 71.9 Å². The summed E-state index contributed by atoms with van der Waals surface area (Å²) in [6.45, 7) is 0.815. The van der Waals surface area contributed by atoms with Gasteiger partial charge in [-0.3, -0.25) is 0 Å². The lowest BCUT2D eigenvalue weighted by molar-refractivity contribution is 0.555. The molecule has 0 spiro atoms. The van der Waals surface area contributed by atoms with E-state index in [1.807, 2.05) is 60.7 Å². The molecule has 8 heteroatoms. The fraction of sp³-hybridized carbons (Fsp3) is 0.182. The van der Waals surface area contributed by atoms with Gasteiger partial charge in [-0.2, -0.15) is 0 Å². The van der Waals surface area contributed by atoms with Gasteiger partial charge in [0.1, 0.15) is 17.1 Å². The van der Waals surface area contributed by atoms with Gasteiger partial charge in [0.05, 0.1) is 13.1 Å². The molecule has 3 aromatic rings. The second-order valence-corrected chi connectivity index (χ2v) is 7.09. The van der Waals surface area contributed by atoms with E-state index in [2.05, 4.69) is 15.3 Å². The van der Waals surface area contributed by atoms with Gasteiger partial charge < -0.3 is 10.1 Å². The van der Waals surface area contributed by atoms with Gasteiger partial charge in [0.15, 0.2) is 5.82 Å². The highest BCUT2D eigenvalue weighted by Crippen LogP contribution is 2.31. The molecule has 2 aromatic carbocycles. The maximum atomic E-state index is 5.95. The van der Waals surface area contributed by atoms with Crippen molar-refractivity contribution >= 4 is 46.5 Å². The van der Waals surface area contributed by atoms with Crippen LogP contribution in [0, 0.1) is 0 Å². The zero-order valence-electron chi connectivity index (χ0n) is 16.1. The Hall–Kier alpha value is -2.96. The smallest absolute Gasteiger partial charge is 0.243 e. The average molecular weight is 440 g/mol. The van der Waals surface area contributed by atoms with Crippen LogP contribution in [0.4, 0.5) is 11.5 Å². The van der Waals surface area contributed by atoms with Gasteiger partial charge in [-0.15, -0.1) is 23.2 Å². The molecular formula is C22H19Cl2N5O. The number of para-hydroxylation sites is 1. The molecule has 0 saturated carbocycles. The number of hydrogen-bond donors (Lipinski definition) is 1. The molecule has 0 unspecified atom stereocenters. The molecule has 152 valence electrons. The molecule has 30 heavy (non-hydrogen) atoms. The first-order valence-electron chi connectivity index (χ1n) is 9.49. The van der Waals surface area contributed by atoms with Crippen molar-refractivity contribution in [2.75, 3.05) is 30.2 Å². The fourth-order valence-corrected chi connectivity index (χ4v) is 3.15. The Labute approximate surface area is 184 Å². The summed E-state index contributed by atoms with van der Waals surface area (Å²) < 4.78 is 5.95. The Morgan fingerprint density at radius 1 is 0.800 bits per heavy atom. The zero-order chi connectivity index (χ0) is 20.8. The number of aliphatic imine (C=N–C) groups is 2. The quantitative estimate of drug-likeness (QED) is 0.531. The topological polar surface area (TPSA) is 71.8 Å². The van der Waals surface area contributed by atoms with Gasteiger partial charge in [0, 0.05) is 23.0 Å². The van der Waals surface area contributed by atoms with Crippen LogP contribution in [0.2, 0.25) is 0 Å². The molecule has 4 rings (SSSR count). The van der Waals surface area contributed by atoms with Crippen LogP contribution >= 0.6 is 23.2 Å². The predicted octanol–water partition coefficient (Wildman–Crippen LogP) is 4.89. The Kier molecular flexibility index (Phi) is 6.57. The van der Waals surface area contributed by atoms with E-state index in [0.29, 0.717) is 59.5 Å². The Balaban J connectivity index is 1.89. The molecule has 0 saturated heterocycles. The van der Waals surface area contributed by atoms with Gasteiger partial charge in [-0.1, -0.05) is 48.5 Å². The van der Waals surface area contributed by atoms with Crippen LogP contribution < -0.4 is 5.32 Å². The lowest BCUT2D eigenvalue weighted by Crippen LogP contribution is -2.08. The third-order valence-electron chi connectivity index (χ3n) is 4.27. The van der Waals surface area contributed by atoms with E-state index in [4.69, 9.17) is 37.9 Å². The van der Waals surface area contributed by atoms with Crippen molar-refractivity contribution in [1.82, 2.24) is 9.97 Å². The standard InChI is InChI=1S/C22H19Cl2N5O/c23-11-13-25-21-17-18(22(30-21)26-14-12-24)28-19(15-7-3-1-4-8-15)29-20(17)27-16-9-5-2-6-10-16/h1-10H,11-14H2,(H,27,28,29). The molecule has 1 N–H and O–H groups in total. The minimum Gasteiger partial charge on any atom is -0.418 e. The van der Waals surface area contributed by atoms with E-state index >= 15 is 0 Å². The molecule has 0 amide bonds. The Morgan fingerprint density at radius 3 is 2.10 bits per heavy atom. The number of hydrogen-bond acceptors (Lipinski definition) is 6. The van der Waals surface area contributed by atoms with Crippen molar-refractivity contribution < 1.29 is 4.74 Å². The second-order valence-electron chi connectivity index (χ2n) is 6.33. The lowest BCUT2D eigenvalue weighted by Gasteiger charge is -2.11. The van der Waals surface area contributed by atoms with Crippen LogP contribution in [0.5, 0.6) is 0 Å². The van der Waals surface area contributed by atoms with Gasteiger partial charge >= 0.3 is 0 Å². The zero-order valence-corrected chi connectivity index (χ0v) is 17.6.